The van der Waals surface area contributed by atoms with Crippen LogP contribution in [-0.4, -0.2) is 117 Å². The maximum absolute atomic E-state index is 13.6. The lowest BCUT2D eigenvalue weighted by atomic mass is 9.74. The summed E-state index contributed by atoms with van der Waals surface area (Å²) < 4.78 is 0. The van der Waals surface area contributed by atoms with Crippen molar-refractivity contribution < 1.29 is 44.4 Å². The molecular weight excluding hydrogens is 644 g/mol. The summed E-state index contributed by atoms with van der Waals surface area (Å²) in [4.78, 5) is 63.9. The number of carboxylic acids is 3. The lowest BCUT2D eigenvalue weighted by Crippen LogP contribution is -2.50. The number of rotatable bonds is 12. The highest BCUT2D eigenvalue weighted by atomic mass is 16.4. The van der Waals surface area contributed by atoms with E-state index in [1.807, 2.05) is 18.2 Å². The monoisotopic (exact) mass is 692 g/mol. The van der Waals surface area contributed by atoms with E-state index in [9.17, 15) is 24.0 Å². The number of fused-ring (bicyclic) bond motifs is 3. The normalized spacial score (nSPS) is 19.7. The topological polar surface area (TPSA) is 188 Å². The molecule has 0 unspecified atom stereocenters. The molecule has 4 aliphatic rings. The van der Waals surface area contributed by atoms with Gasteiger partial charge in [0.1, 0.15) is 6.04 Å². The summed E-state index contributed by atoms with van der Waals surface area (Å²) in [6.07, 6.45) is 6.07. The fourth-order valence-electron chi connectivity index (χ4n) is 7.94. The van der Waals surface area contributed by atoms with Crippen molar-refractivity contribution in [1.29, 1.82) is 0 Å². The van der Waals surface area contributed by atoms with Gasteiger partial charge in [-0.1, -0.05) is 42.5 Å². The van der Waals surface area contributed by atoms with Crippen LogP contribution >= 0.6 is 0 Å². The summed E-state index contributed by atoms with van der Waals surface area (Å²) in [6, 6.07) is 16.5. The first-order valence-corrected chi connectivity index (χ1v) is 17.5. The van der Waals surface area contributed by atoms with Crippen LogP contribution in [0.5, 0.6) is 0 Å². The number of hydrogen-bond donors (Lipinski definition) is 5. The Morgan fingerprint density at radius 2 is 1.38 bits per heavy atom. The third-order valence-corrected chi connectivity index (χ3v) is 10.7. The SMILES string of the molecule is O=C(NCCN1CCCC1)[C@@H]1Cc2ccccc2N1C(=O)CCN1CCC2(CCc3ccccc32)CC1.O=C(O)CC(O)(CC(=O)O)C(=O)O. The van der Waals surface area contributed by atoms with E-state index in [0.717, 1.165) is 50.5 Å². The second kappa shape index (κ2) is 16.1. The smallest absolute Gasteiger partial charge is 0.336 e. The van der Waals surface area contributed by atoms with Gasteiger partial charge in [0.05, 0.1) is 12.8 Å². The molecule has 2 aromatic rings. The molecule has 1 aliphatic carbocycles. The predicted octanol–water partition coefficient (Wildman–Crippen LogP) is 2.28. The average molecular weight is 693 g/mol. The molecule has 0 bridgehead atoms. The standard InChI is InChI=1S/C31H40N4O2.C6H8O7/c36-29(12-19-34-20-14-31(15-21-34)13-11-24-7-1-3-9-26(24)31)35-27-10-4-2-8-25(27)23-28(35)30(37)32-16-22-33-17-5-6-18-33;7-3(8)1-6(13,5(11)12)2-4(9)10/h1-4,7-10,28H,5-6,11-23H2,(H,32,37);13H,1-2H2,(H,7,8)(H,9,10)(H,11,12)/t28-;/m0./s1. The van der Waals surface area contributed by atoms with Crippen molar-refractivity contribution in [2.45, 2.75) is 81.3 Å². The first-order chi connectivity index (χ1) is 23.9. The van der Waals surface area contributed by atoms with Crippen molar-refractivity contribution >= 4 is 35.4 Å². The number of aliphatic hydroxyl groups is 1. The molecule has 50 heavy (non-hydrogen) atoms. The quantitative estimate of drug-likeness (QED) is 0.220. The van der Waals surface area contributed by atoms with Gasteiger partial charge in [0, 0.05) is 38.2 Å². The van der Waals surface area contributed by atoms with Gasteiger partial charge in [-0.25, -0.2) is 4.79 Å². The van der Waals surface area contributed by atoms with Crippen LogP contribution in [0.4, 0.5) is 5.69 Å². The number of benzene rings is 2. The number of carbonyl (C=O) groups excluding carboxylic acids is 2. The molecule has 3 heterocycles. The third kappa shape index (κ3) is 8.69. The van der Waals surface area contributed by atoms with Crippen LogP contribution in [0.15, 0.2) is 48.5 Å². The van der Waals surface area contributed by atoms with Crippen LogP contribution in [-0.2, 0) is 42.2 Å². The van der Waals surface area contributed by atoms with Crippen LogP contribution in [0, 0.1) is 0 Å². The van der Waals surface area contributed by atoms with Crippen molar-refractivity contribution in [3.63, 3.8) is 0 Å². The largest absolute Gasteiger partial charge is 0.481 e. The number of nitrogens with zero attached hydrogens (tertiary/aromatic N) is 3. The summed E-state index contributed by atoms with van der Waals surface area (Å²) in [6.45, 7) is 6.63. The van der Waals surface area contributed by atoms with Gasteiger partial charge in [0.25, 0.3) is 0 Å². The second-order valence-electron chi connectivity index (χ2n) is 14.0. The number of nitrogens with one attached hydrogen (secondary N) is 1. The van der Waals surface area contributed by atoms with E-state index >= 15 is 0 Å². The van der Waals surface area contributed by atoms with Gasteiger partial charge < -0.3 is 35.5 Å². The Morgan fingerprint density at radius 3 is 2.02 bits per heavy atom. The molecule has 6 rings (SSSR count). The number of carboxylic acid groups (broad SMARTS) is 3. The fourth-order valence-corrected chi connectivity index (χ4v) is 7.94. The summed E-state index contributed by atoms with van der Waals surface area (Å²) in [7, 11) is 0. The lowest BCUT2D eigenvalue weighted by molar-refractivity contribution is -0.170. The molecule has 5 N–H and O–H groups in total. The van der Waals surface area contributed by atoms with Crippen LogP contribution in [0.1, 0.15) is 68.1 Å². The number of hydrogen-bond acceptors (Lipinski definition) is 8. The van der Waals surface area contributed by atoms with E-state index in [2.05, 4.69) is 45.4 Å². The number of likely N-dealkylation sites (tertiary alicyclic amines) is 2. The summed E-state index contributed by atoms with van der Waals surface area (Å²) >= 11 is 0. The molecule has 2 amide bonds. The predicted molar refractivity (Wildman–Crippen MR) is 184 cm³/mol. The maximum atomic E-state index is 13.6. The van der Waals surface area contributed by atoms with Gasteiger partial charge in [0.15, 0.2) is 5.60 Å². The Balaban J connectivity index is 0.000000320. The molecule has 270 valence electrons. The van der Waals surface area contributed by atoms with Crippen molar-refractivity contribution in [3.05, 3.63) is 65.2 Å². The van der Waals surface area contributed by atoms with Crippen molar-refractivity contribution in [2.75, 3.05) is 50.7 Å². The van der Waals surface area contributed by atoms with E-state index < -0.39 is 42.4 Å². The molecule has 13 heteroatoms. The van der Waals surface area contributed by atoms with Crippen molar-refractivity contribution in [1.82, 2.24) is 15.1 Å². The van der Waals surface area contributed by atoms with Gasteiger partial charge in [0.2, 0.25) is 11.8 Å². The van der Waals surface area contributed by atoms with Crippen LogP contribution in [0.25, 0.3) is 0 Å². The van der Waals surface area contributed by atoms with Gasteiger partial charge in [-0.15, -0.1) is 0 Å². The molecule has 2 saturated heterocycles. The van der Waals surface area contributed by atoms with Gasteiger partial charge in [-0.2, -0.15) is 0 Å². The molecule has 2 aromatic carbocycles. The van der Waals surface area contributed by atoms with E-state index in [4.69, 9.17) is 20.4 Å². The summed E-state index contributed by atoms with van der Waals surface area (Å²) in [5, 5.41) is 36.9. The Labute approximate surface area is 291 Å². The van der Waals surface area contributed by atoms with E-state index in [1.54, 1.807) is 10.5 Å². The fraction of sp³-hybridized carbons (Fsp3) is 0.541. The third-order valence-electron chi connectivity index (χ3n) is 10.7. The molecular formula is C37H48N4O9. The number of anilines is 1. The van der Waals surface area contributed by atoms with Crippen LogP contribution in [0.2, 0.25) is 0 Å². The van der Waals surface area contributed by atoms with Gasteiger partial charge in [-0.05, 0) is 92.9 Å². The van der Waals surface area contributed by atoms with Gasteiger partial charge >= 0.3 is 17.9 Å². The molecule has 1 atom stereocenters. The number of para-hydroxylation sites is 1. The van der Waals surface area contributed by atoms with Crippen LogP contribution in [0.3, 0.4) is 0 Å². The van der Waals surface area contributed by atoms with Gasteiger partial charge in [-0.3, -0.25) is 24.1 Å². The number of amides is 2. The first-order valence-electron chi connectivity index (χ1n) is 17.5. The van der Waals surface area contributed by atoms with E-state index in [1.165, 1.54) is 44.1 Å². The number of piperidine rings is 1. The maximum Gasteiger partial charge on any atom is 0.336 e. The minimum atomic E-state index is -2.74. The number of aliphatic carboxylic acids is 3. The Hall–Kier alpha value is -4.33. The highest BCUT2D eigenvalue weighted by Crippen LogP contribution is 2.46. The highest BCUT2D eigenvalue weighted by molar-refractivity contribution is 6.03. The lowest BCUT2D eigenvalue weighted by Gasteiger charge is -2.40. The average Bonchev–Trinajstić information content (AvgIpc) is 3.82. The molecule has 1 spiro atoms. The Kier molecular flexibility index (Phi) is 11.9. The zero-order valence-electron chi connectivity index (χ0n) is 28.4. The molecule has 0 aromatic heterocycles. The zero-order valence-corrected chi connectivity index (χ0v) is 28.4. The highest BCUT2D eigenvalue weighted by Gasteiger charge is 2.42. The number of aryl methyl sites for hydroxylation is 1. The Bertz CT molecular complexity index is 1550. The zero-order chi connectivity index (χ0) is 35.9. The van der Waals surface area contributed by atoms with Crippen molar-refractivity contribution in [2.24, 2.45) is 0 Å². The molecule has 13 nitrogen and oxygen atoms in total. The molecule has 2 fully saturated rings. The number of carbonyl (C=O) groups is 5. The van der Waals surface area contributed by atoms with Crippen LogP contribution < -0.4 is 10.2 Å². The molecule has 0 saturated carbocycles. The Morgan fingerprint density at radius 1 is 0.780 bits per heavy atom. The second-order valence-corrected chi connectivity index (χ2v) is 14.0. The van der Waals surface area contributed by atoms with E-state index in [0.29, 0.717) is 24.8 Å². The van der Waals surface area contributed by atoms with Crippen molar-refractivity contribution in [3.8, 4) is 0 Å². The molecule has 3 aliphatic heterocycles. The minimum absolute atomic E-state index is 0.0245. The summed E-state index contributed by atoms with van der Waals surface area (Å²) in [5.74, 6) is -4.98. The summed E-state index contributed by atoms with van der Waals surface area (Å²) in [5.41, 5.74) is 2.70. The first kappa shape index (κ1) is 36.9. The minimum Gasteiger partial charge on any atom is -0.481 e. The van der Waals surface area contributed by atoms with E-state index in [-0.39, 0.29) is 11.8 Å². The molecule has 0 radical (unpaired) electrons.